The lowest BCUT2D eigenvalue weighted by molar-refractivity contribution is -0.147. The van der Waals surface area contributed by atoms with Gasteiger partial charge in [-0.1, -0.05) is 5.57 Å². The van der Waals surface area contributed by atoms with Crippen LogP contribution in [-0.2, 0) is 9.47 Å². The molecule has 0 unspecified atom stereocenters. The maximum absolute atomic E-state index is 5.70. The molecule has 3 rings (SSSR count). The molecule has 2 aromatic heterocycles. The van der Waals surface area contributed by atoms with Crippen molar-refractivity contribution in [2.45, 2.75) is 33.0 Å². The normalized spacial score (nSPS) is 15.9. The molecule has 3 nitrogen and oxygen atoms in total. The van der Waals surface area contributed by atoms with Crippen LogP contribution in [0.1, 0.15) is 37.8 Å². The van der Waals surface area contributed by atoms with Gasteiger partial charge in [-0.05, 0) is 77.0 Å². The van der Waals surface area contributed by atoms with Crippen molar-refractivity contribution in [2.24, 2.45) is 0 Å². The topological polar surface area (TPSA) is 21.7 Å². The van der Waals surface area contributed by atoms with E-state index in [4.69, 9.17) is 9.47 Å². The summed E-state index contributed by atoms with van der Waals surface area (Å²) in [4.78, 5) is 2.47. The van der Waals surface area contributed by atoms with E-state index < -0.39 is 0 Å². The van der Waals surface area contributed by atoms with Crippen LogP contribution in [0.2, 0.25) is 0 Å². The first kappa shape index (κ1) is 18.8. The summed E-state index contributed by atoms with van der Waals surface area (Å²) in [5.74, 6) is 0. The lowest BCUT2D eigenvalue weighted by Gasteiger charge is -2.32. The summed E-state index contributed by atoms with van der Waals surface area (Å²) < 4.78 is 11.4. The Bertz CT molecular complexity index is 597. The average Bonchev–Trinajstić information content (AvgIpc) is 3.32. The predicted octanol–water partition coefficient (Wildman–Crippen LogP) is 5.11. The monoisotopic (exact) mass is 377 g/mol. The van der Waals surface area contributed by atoms with E-state index in [9.17, 15) is 0 Å². The van der Waals surface area contributed by atoms with Gasteiger partial charge in [0, 0.05) is 32.8 Å². The standard InChI is InChI=1S/C20H27NO2S2/c1-3-22-19(23-4-2)13-21-9-5-16(6-10-21)20(17-7-11-24-14-17)18-8-12-25-15-18/h7-8,11-12,14-15,19H,3-6,9-10,13H2,1-2H3. The van der Waals surface area contributed by atoms with Crippen LogP contribution < -0.4 is 0 Å². The minimum Gasteiger partial charge on any atom is -0.352 e. The van der Waals surface area contributed by atoms with E-state index in [1.807, 2.05) is 13.8 Å². The van der Waals surface area contributed by atoms with Gasteiger partial charge in [0.25, 0.3) is 0 Å². The number of hydrogen-bond acceptors (Lipinski definition) is 5. The van der Waals surface area contributed by atoms with E-state index >= 15 is 0 Å². The fourth-order valence-corrected chi connectivity index (χ4v) is 4.67. The molecule has 5 heteroatoms. The maximum atomic E-state index is 5.70. The number of ether oxygens (including phenoxy) is 2. The van der Waals surface area contributed by atoms with Gasteiger partial charge >= 0.3 is 0 Å². The van der Waals surface area contributed by atoms with Crippen molar-refractivity contribution in [1.29, 1.82) is 0 Å². The van der Waals surface area contributed by atoms with Gasteiger partial charge in [0.15, 0.2) is 6.29 Å². The molecule has 1 aliphatic rings. The van der Waals surface area contributed by atoms with Crippen molar-refractivity contribution >= 4 is 28.2 Å². The minimum absolute atomic E-state index is 0.103. The van der Waals surface area contributed by atoms with Crippen molar-refractivity contribution in [3.63, 3.8) is 0 Å². The molecule has 0 aliphatic carbocycles. The van der Waals surface area contributed by atoms with Crippen LogP contribution in [0, 0.1) is 0 Å². The molecule has 136 valence electrons. The van der Waals surface area contributed by atoms with E-state index in [-0.39, 0.29) is 6.29 Å². The number of nitrogens with zero attached hydrogens (tertiary/aromatic N) is 1. The van der Waals surface area contributed by atoms with Crippen molar-refractivity contribution in [3.8, 4) is 0 Å². The minimum atomic E-state index is -0.103. The van der Waals surface area contributed by atoms with Gasteiger partial charge < -0.3 is 9.47 Å². The Morgan fingerprint density at radius 3 is 2.00 bits per heavy atom. The van der Waals surface area contributed by atoms with Crippen LogP contribution in [-0.4, -0.2) is 44.0 Å². The van der Waals surface area contributed by atoms with Gasteiger partial charge in [-0.2, -0.15) is 22.7 Å². The van der Waals surface area contributed by atoms with E-state index in [1.165, 1.54) is 16.7 Å². The van der Waals surface area contributed by atoms with Crippen molar-refractivity contribution < 1.29 is 9.47 Å². The SMILES string of the molecule is CCOC(CN1CCC(=C(c2ccsc2)c2ccsc2)CC1)OCC. The second-order valence-corrected chi connectivity index (χ2v) is 7.70. The molecule has 0 radical (unpaired) electrons. The molecule has 0 N–H and O–H groups in total. The van der Waals surface area contributed by atoms with Gasteiger partial charge in [-0.15, -0.1) is 0 Å². The molecule has 2 aromatic rings. The molecule has 0 saturated carbocycles. The highest BCUT2D eigenvalue weighted by Crippen LogP contribution is 2.34. The summed E-state index contributed by atoms with van der Waals surface area (Å²) in [6.45, 7) is 8.46. The Kier molecular flexibility index (Phi) is 7.25. The second-order valence-electron chi connectivity index (χ2n) is 6.14. The highest BCUT2D eigenvalue weighted by Gasteiger charge is 2.22. The van der Waals surface area contributed by atoms with Crippen LogP contribution >= 0.6 is 22.7 Å². The van der Waals surface area contributed by atoms with Crippen molar-refractivity contribution in [1.82, 2.24) is 4.90 Å². The molecule has 0 bridgehead atoms. The first-order valence-corrected chi connectivity index (χ1v) is 10.9. The van der Waals surface area contributed by atoms with Crippen molar-refractivity contribution in [2.75, 3.05) is 32.8 Å². The lowest BCUT2D eigenvalue weighted by atomic mass is 9.91. The Balaban J connectivity index is 1.69. The fraction of sp³-hybridized carbons (Fsp3) is 0.500. The molecule has 1 aliphatic heterocycles. The van der Waals surface area contributed by atoms with E-state index in [0.717, 1.165) is 32.5 Å². The summed E-state index contributed by atoms with van der Waals surface area (Å²) in [5, 5.41) is 8.89. The summed E-state index contributed by atoms with van der Waals surface area (Å²) in [7, 11) is 0. The molecule has 25 heavy (non-hydrogen) atoms. The summed E-state index contributed by atoms with van der Waals surface area (Å²) in [6.07, 6.45) is 2.13. The van der Waals surface area contributed by atoms with Crippen LogP contribution in [0.5, 0.6) is 0 Å². The molecule has 0 aromatic carbocycles. The summed E-state index contributed by atoms with van der Waals surface area (Å²) in [6, 6.07) is 4.49. The highest BCUT2D eigenvalue weighted by molar-refractivity contribution is 7.08. The molecule has 0 atom stereocenters. The van der Waals surface area contributed by atoms with Crippen LogP contribution in [0.25, 0.3) is 5.57 Å². The second kappa shape index (κ2) is 9.64. The van der Waals surface area contributed by atoms with Crippen LogP contribution in [0.15, 0.2) is 39.2 Å². The zero-order chi connectivity index (χ0) is 17.5. The van der Waals surface area contributed by atoms with E-state index in [1.54, 1.807) is 28.2 Å². The fourth-order valence-electron chi connectivity index (χ4n) is 3.38. The molecule has 1 fully saturated rings. The molecule has 3 heterocycles. The third-order valence-corrected chi connectivity index (χ3v) is 5.91. The Morgan fingerprint density at radius 1 is 1.00 bits per heavy atom. The number of likely N-dealkylation sites (tertiary alicyclic amines) is 1. The van der Waals surface area contributed by atoms with Gasteiger partial charge in [0.05, 0.1) is 0 Å². The summed E-state index contributed by atoms with van der Waals surface area (Å²) in [5.41, 5.74) is 5.77. The van der Waals surface area contributed by atoms with Gasteiger partial charge in [0.2, 0.25) is 0 Å². The van der Waals surface area contributed by atoms with E-state index in [0.29, 0.717) is 13.2 Å². The van der Waals surface area contributed by atoms with E-state index in [2.05, 4.69) is 38.6 Å². The maximum Gasteiger partial charge on any atom is 0.170 e. The smallest absolute Gasteiger partial charge is 0.170 e. The van der Waals surface area contributed by atoms with Crippen molar-refractivity contribution in [3.05, 3.63) is 50.4 Å². The number of hydrogen-bond donors (Lipinski definition) is 0. The highest BCUT2D eigenvalue weighted by atomic mass is 32.1. The number of thiophene rings is 2. The number of rotatable bonds is 8. The molecular weight excluding hydrogens is 350 g/mol. The Hall–Kier alpha value is -0.980. The first-order valence-electron chi connectivity index (χ1n) is 9.04. The first-order chi connectivity index (χ1) is 12.3. The quantitative estimate of drug-likeness (QED) is 0.597. The number of piperidine rings is 1. The third-order valence-electron chi connectivity index (χ3n) is 4.55. The summed E-state index contributed by atoms with van der Waals surface area (Å²) >= 11 is 3.55. The van der Waals surface area contributed by atoms with Crippen LogP contribution in [0.4, 0.5) is 0 Å². The zero-order valence-corrected chi connectivity index (χ0v) is 16.7. The van der Waals surface area contributed by atoms with Gasteiger partial charge in [-0.3, -0.25) is 4.90 Å². The Morgan fingerprint density at radius 2 is 1.56 bits per heavy atom. The molecular formula is C20H27NO2S2. The Labute approximate surface area is 158 Å². The van der Waals surface area contributed by atoms with Gasteiger partial charge in [0.1, 0.15) is 0 Å². The van der Waals surface area contributed by atoms with Crippen LogP contribution in [0.3, 0.4) is 0 Å². The molecule has 0 spiro atoms. The average molecular weight is 378 g/mol. The largest absolute Gasteiger partial charge is 0.352 e. The zero-order valence-electron chi connectivity index (χ0n) is 15.1. The third kappa shape index (κ3) is 5.02. The molecule has 0 amide bonds. The van der Waals surface area contributed by atoms with Gasteiger partial charge in [-0.25, -0.2) is 0 Å². The lowest BCUT2D eigenvalue weighted by Crippen LogP contribution is -2.39. The molecule has 1 saturated heterocycles. The predicted molar refractivity (Wildman–Crippen MR) is 107 cm³/mol.